The van der Waals surface area contributed by atoms with Crippen LogP contribution in [0.25, 0.3) is 0 Å². The summed E-state index contributed by atoms with van der Waals surface area (Å²) in [6.45, 7) is 6.18. The van der Waals surface area contributed by atoms with Crippen LogP contribution >= 0.6 is 11.8 Å². The number of thioether (sulfide) groups is 1. The monoisotopic (exact) mass is 282 g/mol. The lowest BCUT2D eigenvalue weighted by Gasteiger charge is -2.22. The Morgan fingerprint density at radius 1 is 1.53 bits per heavy atom. The summed E-state index contributed by atoms with van der Waals surface area (Å²) in [5, 5.41) is 3.55. The lowest BCUT2D eigenvalue weighted by atomic mass is 10.2. The maximum absolute atomic E-state index is 5.88. The summed E-state index contributed by atoms with van der Waals surface area (Å²) in [6, 6.07) is 3.54. The van der Waals surface area contributed by atoms with Crippen LogP contribution < -0.4 is 5.32 Å². The molecule has 3 nitrogen and oxygen atoms in total. The van der Waals surface area contributed by atoms with Crippen LogP contribution in [0.3, 0.4) is 0 Å². The molecule has 4 heteroatoms. The molecule has 0 aliphatic heterocycles. The summed E-state index contributed by atoms with van der Waals surface area (Å²) in [6.07, 6.45) is 4.82. The van der Waals surface area contributed by atoms with Gasteiger partial charge in [0.15, 0.2) is 0 Å². The molecule has 1 saturated carbocycles. The topological polar surface area (TPSA) is 28.4 Å². The Morgan fingerprint density at radius 3 is 2.89 bits per heavy atom. The van der Waals surface area contributed by atoms with Gasteiger partial charge in [-0.05, 0) is 46.1 Å². The number of aryl methyl sites for hydroxylation is 1. The SMILES string of the molecule is CSCC(C)N(C)Cc1cc(CNC2CC2)c(C)o1. The van der Waals surface area contributed by atoms with Crippen molar-refractivity contribution in [2.45, 2.75) is 51.9 Å². The Labute approximate surface area is 121 Å². The molecule has 1 atom stereocenters. The van der Waals surface area contributed by atoms with Crippen LogP contribution in [0.15, 0.2) is 10.5 Å². The quantitative estimate of drug-likeness (QED) is 0.793. The lowest BCUT2D eigenvalue weighted by Crippen LogP contribution is -2.30. The van der Waals surface area contributed by atoms with E-state index in [2.05, 4.69) is 43.4 Å². The lowest BCUT2D eigenvalue weighted by molar-refractivity contribution is 0.245. The maximum atomic E-state index is 5.88. The summed E-state index contributed by atoms with van der Waals surface area (Å²) >= 11 is 1.89. The molecule has 0 bridgehead atoms. The van der Waals surface area contributed by atoms with Crippen LogP contribution in [0.4, 0.5) is 0 Å². The van der Waals surface area contributed by atoms with Crippen molar-refractivity contribution >= 4 is 11.8 Å². The molecular formula is C15H26N2OS. The highest BCUT2D eigenvalue weighted by Crippen LogP contribution is 2.22. The highest BCUT2D eigenvalue weighted by Gasteiger charge is 2.21. The van der Waals surface area contributed by atoms with Gasteiger partial charge in [-0.2, -0.15) is 11.8 Å². The minimum atomic E-state index is 0.577. The summed E-state index contributed by atoms with van der Waals surface area (Å²) in [5.74, 6) is 3.31. The Kier molecular flexibility index (Phi) is 5.37. The van der Waals surface area contributed by atoms with E-state index in [-0.39, 0.29) is 0 Å². The predicted octanol–water partition coefficient (Wildman–Crippen LogP) is 3.02. The van der Waals surface area contributed by atoms with E-state index < -0.39 is 0 Å². The molecule has 0 spiro atoms. The first kappa shape index (κ1) is 14.9. The third-order valence-corrected chi connectivity index (χ3v) is 4.61. The van der Waals surface area contributed by atoms with Gasteiger partial charge in [0.25, 0.3) is 0 Å². The summed E-state index contributed by atoms with van der Waals surface area (Å²) < 4.78 is 5.88. The first-order valence-electron chi connectivity index (χ1n) is 7.11. The van der Waals surface area contributed by atoms with Crippen LogP contribution in [0.2, 0.25) is 0 Å². The van der Waals surface area contributed by atoms with Crippen molar-refractivity contribution in [2.24, 2.45) is 0 Å². The second-order valence-corrected chi connectivity index (χ2v) is 6.58. The number of hydrogen-bond acceptors (Lipinski definition) is 4. The fraction of sp³-hybridized carbons (Fsp3) is 0.733. The first-order valence-corrected chi connectivity index (χ1v) is 8.50. The first-order chi connectivity index (χ1) is 9.10. The van der Waals surface area contributed by atoms with Gasteiger partial charge in [0.2, 0.25) is 0 Å². The highest BCUT2D eigenvalue weighted by molar-refractivity contribution is 7.98. The molecule has 1 aliphatic rings. The molecule has 1 aliphatic carbocycles. The van der Waals surface area contributed by atoms with Gasteiger partial charge in [0.05, 0.1) is 6.54 Å². The van der Waals surface area contributed by atoms with Crippen molar-refractivity contribution in [1.29, 1.82) is 0 Å². The molecular weight excluding hydrogens is 256 g/mol. The van der Waals surface area contributed by atoms with Gasteiger partial charge >= 0.3 is 0 Å². The molecule has 0 aromatic carbocycles. The Hall–Kier alpha value is -0.450. The smallest absolute Gasteiger partial charge is 0.118 e. The van der Waals surface area contributed by atoms with E-state index >= 15 is 0 Å². The number of hydrogen-bond donors (Lipinski definition) is 1. The van der Waals surface area contributed by atoms with Crippen molar-refractivity contribution in [3.63, 3.8) is 0 Å². The molecule has 1 N–H and O–H groups in total. The number of nitrogens with zero attached hydrogens (tertiary/aromatic N) is 1. The fourth-order valence-corrected chi connectivity index (χ4v) is 2.89. The third kappa shape index (κ3) is 4.55. The number of nitrogens with one attached hydrogen (secondary N) is 1. The Balaban J connectivity index is 1.87. The van der Waals surface area contributed by atoms with Crippen LogP contribution in [0.1, 0.15) is 36.8 Å². The largest absolute Gasteiger partial charge is 0.465 e. The molecule has 1 aromatic heterocycles. The average molecular weight is 282 g/mol. The highest BCUT2D eigenvalue weighted by atomic mass is 32.2. The second-order valence-electron chi connectivity index (χ2n) is 5.67. The Bertz CT molecular complexity index is 401. The zero-order valence-electron chi connectivity index (χ0n) is 12.5. The van der Waals surface area contributed by atoms with E-state index in [1.54, 1.807) is 0 Å². The minimum absolute atomic E-state index is 0.577. The van der Waals surface area contributed by atoms with Gasteiger partial charge in [0, 0.05) is 29.9 Å². The normalized spacial score (nSPS) is 17.1. The van der Waals surface area contributed by atoms with Gasteiger partial charge in [-0.25, -0.2) is 0 Å². The van der Waals surface area contributed by atoms with Crippen LogP contribution in [0.5, 0.6) is 0 Å². The zero-order valence-corrected chi connectivity index (χ0v) is 13.3. The van der Waals surface area contributed by atoms with Crippen molar-refractivity contribution in [3.05, 3.63) is 23.2 Å². The Morgan fingerprint density at radius 2 is 2.26 bits per heavy atom. The molecule has 0 amide bonds. The van der Waals surface area contributed by atoms with E-state index in [9.17, 15) is 0 Å². The molecule has 0 saturated heterocycles. The van der Waals surface area contributed by atoms with Crippen molar-refractivity contribution < 1.29 is 4.42 Å². The molecule has 1 unspecified atom stereocenters. The van der Waals surface area contributed by atoms with E-state index in [0.29, 0.717) is 6.04 Å². The third-order valence-electron chi connectivity index (χ3n) is 3.80. The summed E-state index contributed by atoms with van der Waals surface area (Å²) in [7, 11) is 2.17. The van der Waals surface area contributed by atoms with E-state index in [0.717, 1.165) is 36.4 Å². The molecule has 19 heavy (non-hydrogen) atoms. The maximum Gasteiger partial charge on any atom is 0.118 e. The summed E-state index contributed by atoms with van der Waals surface area (Å²) in [5.41, 5.74) is 1.31. The fourth-order valence-electron chi connectivity index (χ4n) is 2.15. The van der Waals surface area contributed by atoms with Gasteiger partial charge < -0.3 is 9.73 Å². The van der Waals surface area contributed by atoms with Gasteiger partial charge in [-0.3, -0.25) is 4.90 Å². The van der Waals surface area contributed by atoms with Gasteiger partial charge in [0.1, 0.15) is 11.5 Å². The molecule has 1 aromatic rings. The standard InChI is InChI=1S/C15H26N2OS/c1-11(10-19-4)17(3)9-15-7-13(12(2)18-15)8-16-14-5-6-14/h7,11,14,16H,5-6,8-10H2,1-4H3. The number of rotatable bonds is 8. The average Bonchev–Trinajstić information content (AvgIpc) is 3.12. The molecule has 0 radical (unpaired) electrons. The number of furan rings is 1. The van der Waals surface area contributed by atoms with E-state index in [1.165, 1.54) is 18.4 Å². The molecule has 108 valence electrons. The van der Waals surface area contributed by atoms with E-state index in [1.807, 2.05) is 11.8 Å². The van der Waals surface area contributed by atoms with Crippen molar-refractivity contribution in [2.75, 3.05) is 19.1 Å². The molecule has 1 heterocycles. The molecule has 1 fully saturated rings. The summed E-state index contributed by atoms with van der Waals surface area (Å²) in [4.78, 5) is 2.35. The van der Waals surface area contributed by atoms with Crippen molar-refractivity contribution in [1.82, 2.24) is 10.2 Å². The molecule has 2 rings (SSSR count). The zero-order chi connectivity index (χ0) is 13.8. The second kappa shape index (κ2) is 6.82. The van der Waals surface area contributed by atoms with Crippen LogP contribution in [-0.2, 0) is 13.1 Å². The van der Waals surface area contributed by atoms with Crippen LogP contribution in [-0.4, -0.2) is 36.0 Å². The van der Waals surface area contributed by atoms with Crippen molar-refractivity contribution in [3.8, 4) is 0 Å². The van der Waals surface area contributed by atoms with E-state index in [4.69, 9.17) is 4.42 Å². The van der Waals surface area contributed by atoms with Gasteiger partial charge in [-0.15, -0.1) is 0 Å². The van der Waals surface area contributed by atoms with Gasteiger partial charge in [-0.1, -0.05) is 0 Å². The predicted molar refractivity (Wildman–Crippen MR) is 82.6 cm³/mol. The minimum Gasteiger partial charge on any atom is -0.465 e. The van der Waals surface area contributed by atoms with Crippen LogP contribution in [0, 0.1) is 6.92 Å².